The third-order valence-corrected chi connectivity index (χ3v) is 1.61. The third-order valence-electron chi connectivity index (χ3n) is 1.61. The molecule has 54 valence electrons. The zero-order chi connectivity index (χ0) is 7.49. The van der Waals surface area contributed by atoms with Crippen molar-refractivity contribution >= 4 is 0 Å². The molecule has 0 aliphatic carbocycles. The van der Waals surface area contributed by atoms with Gasteiger partial charge in [0.25, 0.3) is 0 Å². The molecular formula is C7H16NO+. The van der Waals surface area contributed by atoms with E-state index < -0.39 is 0 Å². The summed E-state index contributed by atoms with van der Waals surface area (Å²) in [5.41, 5.74) is 0. The van der Waals surface area contributed by atoms with Gasteiger partial charge in [0.05, 0.1) is 20.6 Å². The highest BCUT2D eigenvalue weighted by Gasteiger charge is 2.18. The molecule has 0 radical (unpaired) electrons. The van der Waals surface area contributed by atoms with E-state index in [2.05, 4.69) is 6.58 Å². The molecular weight excluding hydrogens is 114 g/mol. The van der Waals surface area contributed by atoms with Crippen LogP contribution in [0.15, 0.2) is 12.7 Å². The molecule has 0 bridgehead atoms. The molecule has 0 aliphatic rings. The maximum Gasteiger partial charge on any atom is 0.187 e. The Morgan fingerprint density at radius 1 is 1.67 bits per heavy atom. The van der Waals surface area contributed by atoms with Gasteiger partial charge in [0.15, 0.2) is 6.23 Å². The molecule has 0 rings (SSSR count). The van der Waals surface area contributed by atoms with E-state index in [0.717, 1.165) is 6.54 Å². The molecule has 0 heterocycles. The Morgan fingerprint density at radius 3 is 2.22 bits per heavy atom. The highest BCUT2D eigenvalue weighted by molar-refractivity contribution is 4.64. The first-order chi connectivity index (χ1) is 4.00. The Balaban J connectivity index is 3.84. The zero-order valence-corrected chi connectivity index (χ0v) is 6.46. The van der Waals surface area contributed by atoms with Crippen LogP contribution in [0.25, 0.3) is 0 Å². The van der Waals surface area contributed by atoms with Gasteiger partial charge in [-0.3, -0.25) is 0 Å². The van der Waals surface area contributed by atoms with Gasteiger partial charge >= 0.3 is 0 Å². The van der Waals surface area contributed by atoms with E-state index >= 15 is 0 Å². The lowest BCUT2D eigenvalue weighted by Crippen LogP contribution is -2.47. The Kier molecular flexibility index (Phi) is 2.88. The minimum absolute atomic E-state index is 0.317. The van der Waals surface area contributed by atoms with Crippen molar-refractivity contribution in [3.63, 3.8) is 0 Å². The van der Waals surface area contributed by atoms with Crippen molar-refractivity contribution in [3.05, 3.63) is 12.7 Å². The number of hydrogen-bond acceptors (Lipinski definition) is 1. The molecule has 0 fully saturated rings. The van der Waals surface area contributed by atoms with Crippen molar-refractivity contribution in [2.45, 2.75) is 13.2 Å². The molecule has 0 saturated carbocycles. The summed E-state index contributed by atoms with van der Waals surface area (Å²) in [5.74, 6) is 0. The normalized spacial score (nSPS) is 15.1. The minimum atomic E-state index is -0.317. The number of nitrogens with zero attached hydrogens (tertiary/aromatic N) is 1. The van der Waals surface area contributed by atoms with E-state index in [0.29, 0.717) is 4.48 Å². The zero-order valence-electron chi connectivity index (χ0n) is 6.46. The first kappa shape index (κ1) is 8.66. The first-order valence-corrected chi connectivity index (χ1v) is 3.12. The van der Waals surface area contributed by atoms with Crippen LogP contribution in [0.2, 0.25) is 0 Å². The fraction of sp³-hybridized carbons (Fsp3) is 0.714. The largest absolute Gasteiger partial charge is 0.345 e. The number of rotatable bonds is 3. The number of aliphatic hydroxyl groups is 1. The maximum absolute atomic E-state index is 9.14. The van der Waals surface area contributed by atoms with Gasteiger partial charge in [0.1, 0.15) is 0 Å². The first-order valence-electron chi connectivity index (χ1n) is 3.12. The van der Waals surface area contributed by atoms with Crippen LogP contribution in [0, 0.1) is 0 Å². The molecule has 0 saturated heterocycles. The second-order valence-corrected chi connectivity index (χ2v) is 2.88. The van der Waals surface area contributed by atoms with Crippen molar-refractivity contribution in [1.82, 2.24) is 0 Å². The molecule has 1 N–H and O–H groups in total. The summed E-state index contributed by atoms with van der Waals surface area (Å²) in [6.07, 6.45) is 1.50. The van der Waals surface area contributed by atoms with Crippen molar-refractivity contribution in [2.24, 2.45) is 0 Å². The van der Waals surface area contributed by atoms with Crippen molar-refractivity contribution in [3.8, 4) is 0 Å². The molecule has 0 aromatic rings. The SMILES string of the molecule is C=CC[N+](C)(C)C(C)O. The molecule has 0 aromatic heterocycles. The van der Waals surface area contributed by atoms with E-state index in [4.69, 9.17) is 5.11 Å². The lowest BCUT2D eigenvalue weighted by atomic mass is 10.4. The molecule has 9 heavy (non-hydrogen) atoms. The Morgan fingerprint density at radius 2 is 2.11 bits per heavy atom. The Bertz CT molecular complexity index is 97.1. The van der Waals surface area contributed by atoms with Crippen LogP contribution in [-0.2, 0) is 0 Å². The predicted molar refractivity (Wildman–Crippen MR) is 38.9 cm³/mol. The van der Waals surface area contributed by atoms with E-state index in [1.165, 1.54) is 0 Å². The van der Waals surface area contributed by atoms with Gasteiger partial charge in [0.2, 0.25) is 0 Å². The molecule has 1 atom stereocenters. The summed E-state index contributed by atoms with van der Waals surface area (Å²) in [6.45, 7) is 6.19. The van der Waals surface area contributed by atoms with Crippen molar-refractivity contribution < 1.29 is 9.59 Å². The number of aliphatic hydroxyl groups excluding tert-OH is 1. The van der Waals surface area contributed by atoms with E-state index in [1.807, 2.05) is 20.2 Å². The van der Waals surface area contributed by atoms with Crippen LogP contribution < -0.4 is 0 Å². The highest BCUT2D eigenvalue weighted by atomic mass is 16.3. The summed E-state index contributed by atoms with van der Waals surface area (Å²) < 4.78 is 0.587. The van der Waals surface area contributed by atoms with Crippen LogP contribution in [0.3, 0.4) is 0 Å². The van der Waals surface area contributed by atoms with E-state index in [1.54, 1.807) is 6.92 Å². The van der Waals surface area contributed by atoms with E-state index in [9.17, 15) is 0 Å². The molecule has 0 aliphatic heterocycles. The molecule has 1 unspecified atom stereocenters. The van der Waals surface area contributed by atoms with Crippen LogP contribution >= 0.6 is 0 Å². The fourth-order valence-corrected chi connectivity index (χ4v) is 0.485. The molecule has 0 aromatic carbocycles. The quantitative estimate of drug-likeness (QED) is 0.337. The molecule has 2 heteroatoms. The topological polar surface area (TPSA) is 20.2 Å². The van der Waals surface area contributed by atoms with Crippen LogP contribution in [0.1, 0.15) is 6.92 Å². The molecule has 0 spiro atoms. The van der Waals surface area contributed by atoms with Gasteiger partial charge in [-0.2, -0.15) is 0 Å². The predicted octanol–water partition coefficient (Wildman–Crippen LogP) is 0.587. The lowest BCUT2D eigenvalue weighted by molar-refractivity contribution is -0.929. The summed E-state index contributed by atoms with van der Waals surface area (Å²) in [6, 6.07) is 0. The van der Waals surface area contributed by atoms with Crippen LogP contribution in [-0.4, -0.2) is 36.5 Å². The number of hydrogen-bond donors (Lipinski definition) is 1. The average molecular weight is 130 g/mol. The fourth-order valence-electron chi connectivity index (χ4n) is 0.485. The minimum Gasteiger partial charge on any atom is -0.345 e. The third kappa shape index (κ3) is 2.63. The van der Waals surface area contributed by atoms with Gasteiger partial charge in [0, 0.05) is 6.92 Å². The lowest BCUT2D eigenvalue weighted by Gasteiger charge is -2.31. The maximum atomic E-state index is 9.14. The monoisotopic (exact) mass is 130 g/mol. The molecule has 2 nitrogen and oxygen atoms in total. The van der Waals surface area contributed by atoms with Crippen molar-refractivity contribution in [2.75, 3.05) is 20.6 Å². The smallest absolute Gasteiger partial charge is 0.187 e. The van der Waals surface area contributed by atoms with Gasteiger partial charge in [-0.05, 0) is 6.08 Å². The second-order valence-electron chi connectivity index (χ2n) is 2.88. The van der Waals surface area contributed by atoms with Gasteiger partial charge in [-0.1, -0.05) is 6.58 Å². The Labute approximate surface area is 57.0 Å². The highest BCUT2D eigenvalue weighted by Crippen LogP contribution is 2.01. The number of likely N-dealkylation sites (N-methyl/N-ethyl adjacent to an activating group) is 1. The number of quaternary nitrogens is 1. The molecule has 0 amide bonds. The summed E-state index contributed by atoms with van der Waals surface area (Å²) in [5, 5.41) is 9.14. The summed E-state index contributed by atoms with van der Waals surface area (Å²) >= 11 is 0. The Hall–Kier alpha value is -0.340. The van der Waals surface area contributed by atoms with Crippen molar-refractivity contribution in [1.29, 1.82) is 0 Å². The standard InChI is InChI=1S/C7H16NO/c1-5-6-8(3,4)7(2)9/h5,7,9H,1,6H2,2-4H3/q+1. The second kappa shape index (κ2) is 2.99. The van der Waals surface area contributed by atoms with Crippen LogP contribution in [0.4, 0.5) is 0 Å². The van der Waals surface area contributed by atoms with Gasteiger partial charge in [-0.15, -0.1) is 0 Å². The van der Waals surface area contributed by atoms with Crippen LogP contribution in [0.5, 0.6) is 0 Å². The summed E-state index contributed by atoms with van der Waals surface area (Å²) in [7, 11) is 3.93. The average Bonchev–Trinajstić information content (AvgIpc) is 1.65. The van der Waals surface area contributed by atoms with E-state index in [-0.39, 0.29) is 6.23 Å². The summed E-state index contributed by atoms with van der Waals surface area (Å²) in [4.78, 5) is 0. The van der Waals surface area contributed by atoms with Gasteiger partial charge in [-0.25, -0.2) is 0 Å². The van der Waals surface area contributed by atoms with Gasteiger partial charge < -0.3 is 9.59 Å².